The lowest BCUT2D eigenvalue weighted by atomic mass is 9.80. The minimum atomic E-state index is -1.14. The summed E-state index contributed by atoms with van der Waals surface area (Å²) in [5.74, 6) is -0.647. The van der Waals surface area contributed by atoms with Crippen molar-refractivity contribution in [1.82, 2.24) is 14.8 Å². The van der Waals surface area contributed by atoms with Crippen LogP contribution < -0.4 is 4.90 Å². The van der Waals surface area contributed by atoms with Gasteiger partial charge in [-0.25, -0.2) is 14.7 Å². The van der Waals surface area contributed by atoms with E-state index in [1.807, 2.05) is 42.5 Å². The molecule has 2 atom stereocenters. The molecule has 7 nitrogen and oxygen atoms in total. The van der Waals surface area contributed by atoms with Crippen molar-refractivity contribution < 1.29 is 9.59 Å². The molecule has 0 N–H and O–H groups in total. The van der Waals surface area contributed by atoms with E-state index >= 15 is 0 Å². The van der Waals surface area contributed by atoms with Crippen molar-refractivity contribution >= 4 is 40.8 Å². The number of carbonyl (C=O) groups is 2. The summed E-state index contributed by atoms with van der Waals surface area (Å²) in [4.78, 5) is 36.5. The second kappa shape index (κ2) is 8.97. The van der Waals surface area contributed by atoms with E-state index in [2.05, 4.69) is 16.0 Å². The molecule has 3 amide bonds. The first-order valence-electron chi connectivity index (χ1n) is 11.1. The highest BCUT2D eigenvalue weighted by atomic mass is 35.5. The maximum Gasteiger partial charge on any atom is 0.332 e. The summed E-state index contributed by atoms with van der Waals surface area (Å²) in [6.07, 6.45) is 0. The van der Waals surface area contributed by atoms with Crippen molar-refractivity contribution in [2.24, 2.45) is 0 Å². The monoisotopic (exact) mass is 505 g/mol. The zero-order valence-corrected chi connectivity index (χ0v) is 20.4. The Morgan fingerprint density at radius 3 is 2.34 bits per heavy atom. The lowest BCUT2D eigenvalue weighted by Crippen LogP contribution is -2.53. The summed E-state index contributed by atoms with van der Waals surface area (Å²) in [5.41, 5.74) is 1.69. The maximum absolute atomic E-state index is 14.2. The van der Waals surface area contributed by atoms with Gasteiger partial charge in [0.25, 0.3) is 5.91 Å². The number of nitrogens with zero attached hydrogens (tertiary/aromatic N) is 5. The first-order valence-corrected chi connectivity index (χ1v) is 11.8. The topological polar surface area (TPSA) is 80.5 Å². The van der Waals surface area contributed by atoms with Gasteiger partial charge in [0.2, 0.25) is 0 Å². The summed E-state index contributed by atoms with van der Waals surface area (Å²) < 4.78 is 0. The van der Waals surface area contributed by atoms with Crippen molar-refractivity contribution in [2.75, 3.05) is 25.0 Å². The van der Waals surface area contributed by atoms with Crippen LogP contribution in [0.15, 0.2) is 66.7 Å². The van der Waals surface area contributed by atoms with Gasteiger partial charge in [0.1, 0.15) is 15.8 Å². The molecule has 0 saturated carbocycles. The summed E-state index contributed by atoms with van der Waals surface area (Å²) in [6.45, 7) is 1.56. The fourth-order valence-corrected chi connectivity index (χ4v) is 5.62. The number of anilines is 1. The van der Waals surface area contributed by atoms with Gasteiger partial charge in [0.15, 0.2) is 0 Å². The number of pyridine rings is 1. The molecule has 2 aromatic carbocycles. The number of carbonyl (C=O) groups excluding carboxylic acids is 2. The van der Waals surface area contributed by atoms with E-state index in [0.717, 1.165) is 16.0 Å². The summed E-state index contributed by atoms with van der Waals surface area (Å²) in [7, 11) is 1.66. The summed E-state index contributed by atoms with van der Waals surface area (Å²) in [5, 5.41) is 9.42. The van der Waals surface area contributed by atoms with Crippen LogP contribution in [-0.4, -0.2) is 52.4 Å². The molecule has 2 aliphatic heterocycles. The molecule has 1 aromatic heterocycles. The number of urea groups is 1. The number of hydrogen-bond donors (Lipinski definition) is 0. The van der Waals surface area contributed by atoms with Gasteiger partial charge in [-0.05, 0) is 35.4 Å². The molecule has 2 saturated heterocycles. The zero-order chi connectivity index (χ0) is 24.7. The van der Waals surface area contributed by atoms with Crippen LogP contribution in [0.25, 0.3) is 0 Å². The average Bonchev–Trinajstić information content (AvgIpc) is 3.31. The Hall–Kier alpha value is -3.44. The van der Waals surface area contributed by atoms with Crippen LogP contribution in [0.1, 0.15) is 22.6 Å². The van der Waals surface area contributed by atoms with E-state index in [1.165, 1.54) is 17.0 Å². The van der Waals surface area contributed by atoms with Gasteiger partial charge >= 0.3 is 6.03 Å². The molecular formula is C26H21Cl2N5O2. The number of nitriles is 1. The average molecular weight is 506 g/mol. The molecular weight excluding hydrogens is 485 g/mol. The van der Waals surface area contributed by atoms with Crippen molar-refractivity contribution in [3.05, 3.63) is 93.7 Å². The van der Waals surface area contributed by atoms with Gasteiger partial charge in [-0.3, -0.25) is 9.69 Å². The van der Waals surface area contributed by atoms with Crippen LogP contribution in [-0.2, 0) is 11.3 Å². The fourth-order valence-electron chi connectivity index (χ4n) is 5.17. The van der Waals surface area contributed by atoms with Gasteiger partial charge in [0.05, 0.1) is 17.3 Å². The Morgan fingerprint density at radius 2 is 1.71 bits per heavy atom. The molecule has 9 heteroatoms. The number of halogens is 2. The molecule has 0 aliphatic carbocycles. The van der Waals surface area contributed by atoms with Crippen molar-refractivity contribution in [1.29, 1.82) is 5.26 Å². The summed E-state index contributed by atoms with van der Waals surface area (Å²) >= 11 is 12.2. The van der Waals surface area contributed by atoms with Gasteiger partial charge in [-0.2, -0.15) is 5.26 Å². The van der Waals surface area contributed by atoms with Crippen LogP contribution in [0.5, 0.6) is 0 Å². The van der Waals surface area contributed by atoms with Gasteiger partial charge < -0.3 is 4.90 Å². The first-order chi connectivity index (χ1) is 16.8. The van der Waals surface area contributed by atoms with Crippen molar-refractivity contribution in [3.8, 4) is 6.07 Å². The normalized spacial score (nSPS) is 22.3. The van der Waals surface area contributed by atoms with E-state index in [-0.39, 0.29) is 27.8 Å². The zero-order valence-electron chi connectivity index (χ0n) is 18.9. The third-order valence-corrected chi connectivity index (χ3v) is 7.22. The molecule has 2 unspecified atom stereocenters. The Bertz CT molecular complexity index is 1320. The van der Waals surface area contributed by atoms with E-state index in [0.29, 0.717) is 25.2 Å². The molecule has 5 rings (SSSR count). The minimum absolute atomic E-state index is 0.0949. The number of amides is 3. The number of likely N-dealkylation sites (N-methyl/N-ethyl adjacent to an activating group) is 1. The second-order valence-corrected chi connectivity index (χ2v) is 9.59. The van der Waals surface area contributed by atoms with E-state index in [4.69, 9.17) is 23.2 Å². The van der Waals surface area contributed by atoms with Gasteiger partial charge in [-0.1, -0.05) is 65.7 Å². The number of likely N-dealkylation sites (tertiary alicyclic amines) is 1. The van der Waals surface area contributed by atoms with Gasteiger partial charge in [0, 0.05) is 32.6 Å². The maximum atomic E-state index is 14.2. The minimum Gasteiger partial charge on any atom is -0.310 e. The van der Waals surface area contributed by atoms with Crippen LogP contribution in [0.4, 0.5) is 10.5 Å². The summed E-state index contributed by atoms with van der Waals surface area (Å²) in [6, 6.07) is 21.8. The molecule has 0 radical (unpaired) electrons. The van der Waals surface area contributed by atoms with Gasteiger partial charge in [-0.15, -0.1) is 0 Å². The third kappa shape index (κ3) is 3.94. The van der Waals surface area contributed by atoms with Crippen LogP contribution >= 0.6 is 23.2 Å². The quantitative estimate of drug-likeness (QED) is 0.379. The Kier molecular flexibility index (Phi) is 5.97. The largest absolute Gasteiger partial charge is 0.332 e. The van der Waals surface area contributed by atoms with E-state index in [9.17, 15) is 14.9 Å². The van der Waals surface area contributed by atoms with E-state index < -0.39 is 11.6 Å². The number of hydrogen-bond acceptors (Lipinski definition) is 5. The predicted molar refractivity (Wildman–Crippen MR) is 133 cm³/mol. The fraction of sp³-hybridized carbons (Fsp3) is 0.231. The van der Waals surface area contributed by atoms with E-state index in [1.54, 1.807) is 19.2 Å². The Balaban J connectivity index is 1.58. The number of aromatic nitrogens is 1. The molecule has 2 aliphatic rings. The first kappa shape index (κ1) is 23.3. The molecule has 3 heterocycles. The molecule has 35 heavy (non-hydrogen) atoms. The Labute approximate surface area is 213 Å². The molecule has 0 bridgehead atoms. The van der Waals surface area contributed by atoms with Crippen LogP contribution in [0.2, 0.25) is 10.3 Å². The lowest BCUT2D eigenvalue weighted by molar-refractivity contribution is -0.124. The smallest absolute Gasteiger partial charge is 0.310 e. The highest BCUT2D eigenvalue weighted by Gasteiger charge is 2.64. The third-order valence-electron chi connectivity index (χ3n) is 6.83. The standard InChI is InChI=1S/C26H21Cl2N5O2/c1-31-25(35)33(20-11-22(27)30-23(28)12-20)24(34)26(31)16-32(14-18-5-3-2-4-6-18)15-21(26)19-9-7-17(13-29)8-10-19/h2-12,21H,14-16H2,1H3. The Morgan fingerprint density at radius 1 is 1.06 bits per heavy atom. The van der Waals surface area contributed by atoms with Crippen molar-refractivity contribution in [2.45, 2.75) is 18.0 Å². The second-order valence-electron chi connectivity index (χ2n) is 8.82. The SMILES string of the molecule is CN1C(=O)N(c2cc(Cl)nc(Cl)c2)C(=O)C12CN(Cc1ccccc1)CC2c1ccc(C#N)cc1. The van der Waals surface area contributed by atoms with Crippen molar-refractivity contribution in [3.63, 3.8) is 0 Å². The van der Waals surface area contributed by atoms with Crippen LogP contribution in [0.3, 0.4) is 0 Å². The predicted octanol–water partition coefficient (Wildman–Crippen LogP) is 4.70. The molecule has 3 aromatic rings. The number of rotatable bonds is 4. The number of imide groups is 1. The molecule has 1 spiro atoms. The molecule has 176 valence electrons. The van der Waals surface area contributed by atoms with Crippen LogP contribution in [0, 0.1) is 11.3 Å². The lowest BCUT2D eigenvalue weighted by Gasteiger charge is -2.34. The molecule has 2 fully saturated rings. The number of benzene rings is 2. The highest BCUT2D eigenvalue weighted by molar-refractivity contribution is 6.33. The highest BCUT2D eigenvalue weighted by Crippen LogP contribution is 2.46.